The molecule has 138 valence electrons. The first kappa shape index (κ1) is 18.0. The van der Waals surface area contributed by atoms with Crippen LogP contribution >= 0.6 is 0 Å². The van der Waals surface area contributed by atoms with Crippen molar-refractivity contribution in [2.45, 2.75) is 31.3 Å². The van der Waals surface area contributed by atoms with Gasteiger partial charge in [0.15, 0.2) is 0 Å². The van der Waals surface area contributed by atoms with Crippen LogP contribution in [0.15, 0.2) is 24.3 Å². The molecule has 6 heteroatoms. The lowest BCUT2D eigenvalue weighted by Crippen LogP contribution is -2.55. The number of methoxy groups -OCH3 is 1. The second kappa shape index (κ2) is 8.06. The second-order valence-corrected chi connectivity index (χ2v) is 6.90. The van der Waals surface area contributed by atoms with Crippen LogP contribution < -0.4 is 9.47 Å². The molecular weight excluding hydrogens is 320 g/mol. The number of amides is 1. The van der Waals surface area contributed by atoms with E-state index in [0.717, 1.165) is 44.0 Å². The molecule has 6 nitrogen and oxygen atoms in total. The Bertz CT molecular complexity index is 579. The summed E-state index contributed by atoms with van der Waals surface area (Å²) in [6, 6.07) is 7.59. The van der Waals surface area contributed by atoms with Gasteiger partial charge in [0, 0.05) is 38.8 Å². The number of hydrogen-bond acceptors (Lipinski definition) is 5. The molecule has 1 saturated heterocycles. The minimum absolute atomic E-state index is 0.0720. The lowest BCUT2D eigenvalue weighted by molar-refractivity contribution is -0.152. The Balaban J connectivity index is 1.40. The van der Waals surface area contributed by atoms with Crippen LogP contribution in [0.3, 0.4) is 0 Å². The summed E-state index contributed by atoms with van der Waals surface area (Å²) in [5, 5.41) is 10.5. The summed E-state index contributed by atoms with van der Waals surface area (Å²) in [4.78, 5) is 16.6. The molecule has 0 spiro atoms. The number of nitrogens with zero attached hydrogens (tertiary/aromatic N) is 2. The highest BCUT2D eigenvalue weighted by atomic mass is 16.5. The number of rotatable bonds is 6. The van der Waals surface area contributed by atoms with Crippen LogP contribution in [0.2, 0.25) is 0 Å². The molecule has 0 bridgehead atoms. The van der Waals surface area contributed by atoms with E-state index in [2.05, 4.69) is 4.90 Å². The third kappa shape index (κ3) is 4.44. The lowest BCUT2D eigenvalue weighted by Gasteiger charge is -2.37. The van der Waals surface area contributed by atoms with Crippen molar-refractivity contribution < 1.29 is 19.4 Å². The maximum absolute atomic E-state index is 12.5. The van der Waals surface area contributed by atoms with Crippen molar-refractivity contribution >= 4 is 5.91 Å². The van der Waals surface area contributed by atoms with Gasteiger partial charge in [0.05, 0.1) is 7.11 Å². The van der Waals surface area contributed by atoms with E-state index in [1.54, 1.807) is 7.11 Å². The molecule has 0 aromatic heterocycles. The Morgan fingerprint density at radius 2 is 1.84 bits per heavy atom. The standard InChI is InChI=1S/C19H28N2O4/c1-24-16-5-4-6-17(15-16)25-14-13-20-9-11-21(12-10-20)18(22)19(23)7-2-3-8-19/h4-6,15,23H,2-3,7-14H2,1H3. The fraction of sp³-hybridized carbons (Fsp3) is 0.632. The van der Waals surface area contributed by atoms with Crippen LogP contribution in [-0.2, 0) is 4.79 Å². The Kier molecular flexibility index (Phi) is 5.81. The third-order valence-corrected chi connectivity index (χ3v) is 5.21. The lowest BCUT2D eigenvalue weighted by atomic mass is 10.00. The molecule has 1 aliphatic heterocycles. The molecule has 2 aliphatic rings. The van der Waals surface area contributed by atoms with E-state index in [1.165, 1.54) is 0 Å². The number of carbonyl (C=O) groups is 1. The SMILES string of the molecule is COc1cccc(OCCN2CCN(C(=O)C3(O)CCCC3)CC2)c1. The van der Waals surface area contributed by atoms with E-state index in [9.17, 15) is 9.90 Å². The molecular formula is C19H28N2O4. The third-order valence-electron chi connectivity index (χ3n) is 5.21. The molecule has 1 N–H and O–H groups in total. The van der Waals surface area contributed by atoms with Crippen molar-refractivity contribution in [2.24, 2.45) is 0 Å². The first-order valence-corrected chi connectivity index (χ1v) is 9.12. The van der Waals surface area contributed by atoms with Gasteiger partial charge >= 0.3 is 0 Å². The molecule has 2 fully saturated rings. The summed E-state index contributed by atoms with van der Waals surface area (Å²) in [5.41, 5.74) is -1.10. The molecule has 0 radical (unpaired) electrons. The molecule has 1 aromatic carbocycles. The minimum Gasteiger partial charge on any atom is -0.497 e. The molecule has 1 aliphatic carbocycles. The van der Waals surface area contributed by atoms with Crippen LogP contribution in [0.1, 0.15) is 25.7 Å². The smallest absolute Gasteiger partial charge is 0.254 e. The van der Waals surface area contributed by atoms with Crippen LogP contribution in [0.4, 0.5) is 0 Å². The molecule has 0 unspecified atom stereocenters. The minimum atomic E-state index is -1.10. The van der Waals surface area contributed by atoms with Gasteiger partial charge < -0.3 is 19.5 Å². The molecule has 3 rings (SSSR count). The van der Waals surface area contributed by atoms with Crippen LogP contribution in [-0.4, -0.2) is 72.9 Å². The average molecular weight is 348 g/mol. The molecule has 1 saturated carbocycles. The molecule has 0 atom stereocenters. The summed E-state index contributed by atoms with van der Waals surface area (Å²) < 4.78 is 11.0. The summed E-state index contributed by atoms with van der Waals surface area (Å²) in [7, 11) is 1.64. The van der Waals surface area contributed by atoms with Gasteiger partial charge in [-0.05, 0) is 37.8 Å². The summed E-state index contributed by atoms with van der Waals surface area (Å²) >= 11 is 0. The first-order chi connectivity index (χ1) is 12.1. The quantitative estimate of drug-likeness (QED) is 0.845. The highest BCUT2D eigenvalue weighted by Crippen LogP contribution is 2.31. The van der Waals surface area contributed by atoms with Gasteiger partial charge in [-0.3, -0.25) is 9.69 Å². The topological polar surface area (TPSA) is 62.2 Å². The number of piperazine rings is 1. The molecule has 1 aromatic rings. The van der Waals surface area contributed by atoms with E-state index in [4.69, 9.17) is 9.47 Å². The van der Waals surface area contributed by atoms with Crippen molar-refractivity contribution in [1.82, 2.24) is 9.80 Å². The second-order valence-electron chi connectivity index (χ2n) is 6.90. The summed E-state index contributed by atoms with van der Waals surface area (Å²) in [6.45, 7) is 4.43. The van der Waals surface area contributed by atoms with Crippen LogP contribution in [0, 0.1) is 0 Å². The zero-order valence-electron chi connectivity index (χ0n) is 14.9. The number of hydrogen-bond donors (Lipinski definition) is 1. The molecule has 1 amide bonds. The van der Waals surface area contributed by atoms with Gasteiger partial charge in [0.1, 0.15) is 23.7 Å². The maximum atomic E-state index is 12.5. The number of benzene rings is 1. The zero-order chi connectivity index (χ0) is 17.7. The normalized spacial score (nSPS) is 20.5. The maximum Gasteiger partial charge on any atom is 0.254 e. The van der Waals surface area contributed by atoms with E-state index in [1.807, 2.05) is 29.2 Å². The molecule has 25 heavy (non-hydrogen) atoms. The fourth-order valence-corrected chi connectivity index (χ4v) is 3.63. The Labute approximate surface area is 149 Å². The largest absolute Gasteiger partial charge is 0.497 e. The van der Waals surface area contributed by atoms with Gasteiger partial charge in [0.25, 0.3) is 5.91 Å². The highest BCUT2D eigenvalue weighted by molar-refractivity contribution is 5.85. The summed E-state index contributed by atoms with van der Waals surface area (Å²) in [5.74, 6) is 1.52. The van der Waals surface area contributed by atoms with Gasteiger partial charge in [-0.25, -0.2) is 0 Å². The van der Waals surface area contributed by atoms with Crippen molar-refractivity contribution in [1.29, 1.82) is 0 Å². The highest BCUT2D eigenvalue weighted by Gasteiger charge is 2.42. The Hall–Kier alpha value is -1.79. The fourth-order valence-electron chi connectivity index (χ4n) is 3.63. The number of aliphatic hydroxyl groups is 1. The van der Waals surface area contributed by atoms with Crippen molar-refractivity contribution in [3.8, 4) is 11.5 Å². The number of carbonyl (C=O) groups excluding carboxylic acids is 1. The van der Waals surface area contributed by atoms with Gasteiger partial charge in [-0.2, -0.15) is 0 Å². The first-order valence-electron chi connectivity index (χ1n) is 9.12. The van der Waals surface area contributed by atoms with Crippen LogP contribution in [0.5, 0.6) is 11.5 Å². The monoisotopic (exact) mass is 348 g/mol. The van der Waals surface area contributed by atoms with E-state index < -0.39 is 5.60 Å². The Morgan fingerprint density at radius 1 is 1.16 bits per heavy atom. The van der Waals surface area contributed by atoms with Crippen LogP contribution in [0.25, 0.3) is 0 Å². The van der Waals surface area contributed by atoms with Crippen molar-refractivity contribution in [2.75, 3.05) is 46.4 Å². The summed E-state index contributed by atoms with van der Waals surface area (Å²) in [6.07, 6.45) is 3.12. The zero-order valence-corrected chi connectivity index (χ0v) is 14.9. The predicted molar refractivity (Wildman–Crippen MR) is 94.9 cm³/mol. The van der Waals surface area contributed by atoms with Gasteiger partial charge in [0.2, 0.25) is 0 Å². The predicted octanol–water partition coefficient (Wildman–Crippen LogP) is 1.52. The van der Waals surface area contributed by atoms with Crippen molar-refractivity contribution in [3.05, 3.63) is 24.3 Å². The van der Waals surface area contributed by atoms with E-state index >= 15 is 0 Å². The average Bonchev–Trinajstić information content (AvgIpc) is 3.10. The van der Waals surface area contributed by atoms with Gasteiger partial charge in [-0.15, -0.1) is 0 Å². The number of ether oxygens (including phenoxy) is 2. The van der Waals surface area contributed by atoms with Gasteiger partial charge in [-0.1, -0.05) is 6.07 Å². The van der Waals surface area contributed by atoms with E-state index in [0.29, 0.717) is 32.5 Å². The van der Waals surface area contributed by atoms with Crippen molar-refractivity contribution in [3.63, 3.8) is 0 Å². The Morgan fingerprint density at radius 3 is 2.52 bits per heavy atom. The molecule has 1 heterocycles. The van der Waals surface area contributed by atoms with E-state index in [-0.39, 0.29) is 5.91 Å².